The summed E-state index contributed by atoms with van der Waals surface area (Å²) in [7, 11) is 1.56. The first-order valence-corrected chi connectivity index (χ1v) is 14.4. The van der Waals surface area contributed by atoms with Gasteiger partial charge in [0.1, 0.15) is 17.9 Å². The quantitative estimate of drug-likeness (QED) is 0.192. The van der Waals surface area contributed by atoms with Crippen LogP contribution in [0.3, 0.4) is 0 Å². The second-order valence-electron chi connectivity index (χ2n) is 9.81. The Morgan fingerprint density at radius 1 is 1.11 bits per heavy atom. The molecule has 16 heteroatoms. The van der Waals surface area contributed by atoms with Crippen LogP contribution in [0.2, 0.25) is 0 Å². The predicted molar refractivity (Wildman–Crippen MR) is 160 cm³/mol. The zero-order valence-corrected chi connectivity index (χ0v) is 24.7. The Kier molecular flexibility index (Phi) is 9.43. The molecule has 3 amide bonds. The standard InChI is InChI=1S/C29H27F4N7O4S/c1-17-3-5-19(14-43-2)24(11-17)40-25(41)15-45-28(40)37-27(42)36-23-10-4-18(12-22(23)30)13-34-26-35-16-39(38-26)20-6-8-21(9-7-20)44-29(31,32)33/h3-12,16,28H,13-15H2,1-2H3,(H,34,38)(H2,36,37,42). The molecule has 1 aliphatic rings. The highest BCUT2D eigenvalue weighted by Crippen LogP contribution is 2.33. The van der Waals surface area contributed by atoms with Gasteiger partial charge in [-0.05, 0) is 60.5 Å². The molecule has 5 rings (SSSR count). The normalized spacial score (nSPS) is 14.8. The van der Waals surface area contributed by atoms with Crippen LogP contribution < -0.4 is 25.6 Å². The molecule has 1 aromatic heterocycles. The number of aryl methyl sites for hydroxylation is 1. The number of ether oxygens (including phenoxy) is 2. The summed E-state index contributed by atoms with van der Waals surface area (Å²) in [5.41, 5.74) is 2.56. The third-order valence-corrected chi connectivity index (χ3v) is 7.54. The van der Waals surface area contributed by atoms with Crippen molar-refractivity contribution < 1.29 is 36.6 Å². The minimum Gasteiger partial charge on any atom is -0.406 e. The lowest BCUT2D eigenvalue weighted by molar-refractivity contribution is -0.274. The zero-order chi connectivity index (χ0) is 32.1. The largest absolute Gasteiger partial charge is 0.573 e. The highest BCUT2D eigenvalue weighted by molar-refractivity contribution is 8.01. The van der Waals surface area contributed by atoms with Crippen LogP contribution in [0.15, 0.2) is 67.0 Å². The molecule has 1 fully saturated rings. The summed E-state index contributed by atoms with van der Waals surface area (Å²) in [4.78, 5) is 31.2. The van der Waals surface area contributed by atoms with Gasteiger partial charge in [0.25, 0.3) is 0 Å². The van der Waals surface area contributed by atoms with Crippen LogP contribution in [0.25, 0.3) is 5.69 Å². The molecule has 0 saturated carbocycles. The SMILES string of the molecule is COCc1ccc(C)cc1N1C(=O)CSC1NC(=O)Nc1ccc(CNc2ncn(-c3ccc(OC(F)(F)F)cc3)n2)cc1F. The van der Waals surface area contributed by atoms with Crippen molar-refractivity contribution in [3.05, 3.63) is 89.5 Å². The number of carbonyl (C=O) groups excluding carboxylic acids is 2. The molecular formula is C29H27F4N7O4S. The van der Waals surface area contributed by atoms with E-state index in [0.29, 0.717) is 16.9 Å². The number of aromatic nitrogens is 3. The Hall–Kier alpha value is -4.83. The first kappa shape index (κ1) is 31.6. The molecule has 0 spiro atoms. The van der Waals surface area contributed by atoms with Crippen molar-refractivity contribution in [2.75, 3.05) is 28.4 Å². The Bertz CT molecular complexity index is 1680. The van der Waals surface area contributed by atoms with Crippen molar-refractivity contribution in [1.82, 2.24) is 20.1 Å². The highest BCUT2D eigenvalue weighted by Gasteiger charge is 2.35. The van der Waals surface area contributed by atoms with Gasteiger partial charge in [0.2, 0.25) is 11.9 Å². The number of urea groups is 1. The van der Waals surface area contributed by atoms with Crippen LogP contribution in [0.1, 0.15) is 16.7 Å². The molecule has 0 radical (unpaired) electrons. The van der Waals surface area contributed by atoms with Gasteiger partial charge in [0.05, 0.1) is 29.4 Å². The number of benzene rings is 3. The molecule has 1 aliphatic heterocycles. The van der Waals surface area contributed by atoms with Gasteiger partial charge in [0, 0.05) is 19.2 Å². The van der Waals surface area contributed by atoms with E-state index in [2.05, 4.69) is 30.8 Å². The lowest BCUT2D eigenvalue weighted by atomic mass is 10.1. The molecule has 0 bridgehead atoms. The smallest absolute Gasteiger partial charge is 0.406 e. The summed E-state index contributed by atoms with van der Waals surface area (Å²) in [6, 6.07) is 14.3. The van der Waals surface area contributed by atoms with E-state index >= 15 is 0 Å². The third kappa shape index (κ3) is 8.02. The first-order valence-electron chi connectivity index (χ1n) is 13.4. The number of thioether (sulfide) groups is 1. The molecule has 1 atom stereocenters. The average molecular weight is 646 g/mol. The van der Waals surface area contributed by atoms with Gasteiger partial charge in [-0.3, -0.25) is 9.69 Å². The van der Waals surface area contributed by atoms with Gasteiger partial charge in [-0.25, -0.2) is 18.9 Å². The second kappa shape index (κ2) is 13.4. The lowest BCUT2D eigenvalue weighted by Crippen LogP contribution is -2.46. The van der Waals surface area contributed by atoms with E-state index in [-0.39, 0.29) is 42.2 Å². The van der Waals surface area contributed by atoms with E-state index in [1.807, 2.05) is 25.1 Å². The number of carbonyl (C=O) groups is 2. The molecule has 3 aromatic carbocycles. The number of rotatable bonds is 10. The van der Waals surface area contributed by atoms with Crippen molar-refractivity contribution in [1.29, 1.82) is 0 Å². The van der Waals surface area contributed by atoms with Crippen LogP contribution in [-0.4, -0.2) is 51.4 Å². The maximum atomic E-state index is 14.9. The number of hydrogen-bond acceptors (Lipinski definition) is 8. The molecule has 11 nitrogen and oxygen atoms in total. The van der Waals surface area contributed by atoms with E-state index in [1.165, 1.54) is 51.9 Å². The van der Waals surface area contributed by atoms with Crippen molar-refractivity contribution in [2.45, 2.75) is 31.9 Å². The number of methoxy groups -OCH3 is 1. The van der Waals surface area contributed by atoms with Crippen LogP contribution >= 0.6 is 11.8 Å². The fourth-order valence-electron chi connectivity index (χ4n) is 4.46. The van der Waals surface area contributed by atoms with Crippen LogP contribution in [0.4, 0.5) is 39.7 Å². The number of anilines is 3. The molecule has 236 valence electrons. The van der Waals surface area contributed by atoms with Crippen molar-refractivity contribution in [2.24, 2.45) is 0 Å². The van der Waals surface area contributed by atoms with E-state index < -0.39 is 23.7 Å². The fourth-order valence-corrected chi connectivity index (χ4v) is 5.47. The first-order chi connectivity index (χ1) is 21.5. The third-order valence-electron chi connectivity index (χ3n) is 6.48. The summed E-state index contributed by atoms with van der Waals surface area (Å²) in [5, 5.41) is 12.4. The molecule has 2 heterocycles. The van der Waals surface area contributed by atoms with Crippen LogP contribution in [0.5, 0.6) is 5.75 Å². The number of alkyl halides is 3. The zero-order valence-electron chi connectivity index (χ0n) is 23.9. The van der Waals surface area contributed by atoms with E-state index in [1.54, 1.807) is 13.2 Å². The van der Waals surface area contributed by atoms with Crippen LogP contribution in [0, 0.1) is 12.7 Å². The molecule has 4 aromatic rings. The topological polar surface area (TPSA) is 123 Å². The number of halogens is 4. The predicted octanol–water partition coefficient (Wildman–Crippen LogP) is 5.56. The van der Waals surface area contributed by atoms with Gasteiger partial charge in [0.15, 0.2) is 5.50 Å². The van der Waals surface area contributed by atoms with E-state index in [4.69, 9.17) is 4.74 Å². The van der Waals surface area contributed by atoms with Crippen molar-refractivity contribution in [3.8, 4) is 11.4 Å². The monoisotopic (exact) mass is 645 g/mol. The molecular weight excluding hydrogens is 618 g/mol. The van der Waals surface area contributed by atoms with Gasteiger partial charge in [-0.1, -0.05) is 18.2 Å². The maximum absolute atomic E-state index is 14.9. The average Bonchev–Trinajstić information content (AvgIpc) is 3.60. The Balaban J connectivity index is 1.17. The van der Waals surface area contributed by atoms with Crippen molar-refractivity contribution >= 4 is 41.0 Å². The number of nitrogens with one attached hydrogen (secondary N) is 3. The number of hydrogen-bond donors (Lipinski definition) is 3. The van der Waals surface area contributed by atoms with Crippen molar-refractivity contribution in [3.63, 3.8) is 0 Å². The van der Waals surface area contributed by atoms with Gasteiger partial charge in [-0.2, -0.15) is 0 Å². The van der Waals surface area contributed by atoms with Gasteiger partial charge >= 0.3 is 12.4 Å². The van der Waals surface area contributed by atoms with E-state index in [0.717, 1.165) is 23.3 Å². The highest BCUT2D eigenvalue weighted by atomic mass is 32.2. The Morgan fingerprint density at radius 3 is 2.60 bits per heavy atom. The molecule has 1 unspecified atom stereocenters. The summed E-state index contributed by atoms with van der Waals surface area (Å²) in [6.45, 7) is 2.32. The number of nitrogens with zero attached hydrogens (tertiary/aromatic N) is 4. The fraction of sp³-hybridized carbons (Fsp3) is 0.241. The summed E-state index contributed by atoms with van der Waals surface area (Å²) in [6.07, 6.45) is -3.43. The summed E-state index contributed by atoms with van der Waals surface area (Å²) < 4.78 is 62.5. The number of amides is 3. The minimum atomic E-state index is -4.79. The maximum Gasteiger partial charge on any atom is 0.573 e. The molecule has 0 aliphatic carbocycles. The summed E-state index contributed by atoms with van der Waals surface area (Å²) in [5.74, 6) is -0.864. The second-order valence-corrected chi connectivity index (χ2v) is 10.9. The lowest BCUT2D eigenvalue weighted by Gasteiger charge is -2.27. The Labute approximate surface area is 258 Å². The minimum absolute atomic E-state index is 0.0619. The van der Waals surface area contributed by atoms with Gasteiger partial charge < -0.3 is 25.4 Å². The van der Waals surface area contributed by atoms with Crippen LogP contribution in [-0.2, 0) is 22.7 Å². The molecule has 1 saturated heterocycles. The van der Waals surface area contributed by atoms with E-state index in [9.17, 15) is 27.2 Å². The molecule has 3 N–H and O–H groups in total. The summed E-state index contributed by atoms with van der Waals surface area (Å²) >= 11 is 1.24. The Morgan fingerprint density at radius 2 is 1.89 bits per heavy atom. The molecule has 45 heavy (non-hydrogen) atoms. The van der Waals surface area contributed by atoms with Gasteiger partial charge in [-0.15, -0.1) is 30.0 Å².